The Bertz CT molecular complexity index is 1150. The molecule has 0 aliphatic carbocycles. The lowest BCUT2D eigenvalue weighted by Crippen LogP contribution is -2.11. The van der Waals surface area contributed by atoms with Crippen LogP contribution < -0.4 is 5.32 Å². The molecular formula is C24H22N2OS2. The molecule has 4 rings (SSSR count). The number of amides is 1. The number of fused-ring (bicyclic) bond motifs is 1. The fraction of sp³-hybridized carbons (Fsp3) is 0.167. The number of hydrogen-bond donors (Lipinski definition) is 1. The van der Waals surface area contributed by atoms with Crippen LogP contribution in [0.2, 0.25) is 0 Å². The number of nitrogens with one attached hydrogen (secondary N) is 1. The van der Waals surface area contributed by atoms with Crippen LogP contribution >= 0.6 is 23.1 Å². The van der Waals surface area contributed by atoms with E-state index in [9.17, 15) is 4.79 Å². The topological polar surface area (TPSA) is 42.0 Å². The first-order valence-corrected chi connectivity index (χ1v) is 11.2. The van der Waals surface area contributed by atoms with Gasteiger partial charge in [0.05, 0.1) is 10.2 Å². The normalized spacial score (nSPS) is 11.2. The molecular weight excluding hydrogens is 396 g/mol. The van der Waals surface area contributed by atoms with Crippen LogP contribution in [0.1, 0.15) is 29.8 Å². The number of hydrogen-bond acceptors (Lipinski definition) is 4. The van der Waals surface area contributed by atoms with Crippen molar-refractivity contribution in [2.24, 2.45) is 0 Å². The predicted molar refractivity (Wildman–Crippen MR) is 125 cm³/mol. The van der Waals surface area contributed by atoms with Crippen molar-refractivity contribution in [2.75, 3.05) is 5.32 Å². The molecule has 0 bridgehead atoms. The van der Waals surface area contributed by atoms with Crippen molar-refractivity contribution in [3.8, 4) is 10.6 Å². The van der Waals surface area contributed by atoms with Crippen molar-refractivity contribution >= 4 is 44.9 Å². The standard InChI is InChI=1S/C24H22N2OS2/c1-15(2)28-20-11-7-17(8-12-20)23(27)25-19-9-5-18(6-10-19)24-26-21-13-4-16(3)14-22(21)29-24/h4-15H,1-3H3,(H,25,27). The van der Waals surface area contributed by atoms with Crippen LogP contribution in [0.25, 0.3) is 20.8 Å². The van der Waals surface area contributed by atoms with Crippen molar-refractivity contribution in [1.29, 1.82) is 0 Å². The number of benzene rings is 3. The molecule has 4 aromatic rings. The Kier molecular flexibility index (Phi) is 5.69. The molecule has 29 heavy (non-hydrogen) atoms. The molecule has 3 aromatic carbocycles. The molecule has 0 unspecified atom stereocenters. The van der Waals surface area contributed by atoms with Gasteiger partial charge in [0.2, 0.25) is 0 Å². The molecule has 3 nitrogen and oxygen atoms in total. The summed E-state index contributed by atoms with van der Waals surface area (Å²) >= 11 is 3.47. The summed E-state index contributed by atoms with van der Waals surface area (Å²) in [6.07, 6.45) is 0. The SMILES string of the molecule is Cc1ccc2nc(-c3ccc(NC(=O)c4ccc(SC(C)C)cc4)cc3)sc2c1. The van der Waals surface area contributed by atoms with Crippen LogP contribution in [0, 0.1) is 6.92 Å². The van der Waals surface area contributed by atoms with Crippen molar-refractivity contribution in [2.45, 2.75) is 30.9 Å². The van der Waals surface area contributed by atoms with Gasteiger partial charge >= 0.3 is 0 Å². The van der Waals surface area contributed by atoms with Gasteiger partial charge in [0.1, 0.15) is 5.01 Å². The third-order valence-corrected chi connectivity index (χ3v) is 6.50. The van der Waals surface area contributed by atoms with E-state index in [4.69, 9.17) is 4.98 Å². The maximum atomic E-state index is 12.5. The van der Waals surface area contributed by atoms with E-state index in [1.165, 1.54) is 15.2 Å². The molecule has 1 heterocycles. The van der Waals surface area contributed by atoms with Crippen molar-refractivity contribution in [3.63, 3.8) is 0 Å². The molecule has 1 N–H and O–H groups in total. The Labute approximate surface area is 179 Å². The number of nitrogens with zero attached hydrogens (tertiary/aromatic N) is 1. The Morgan fingerprint density at radius 3 is 2.41 bits per heavy atom. The van der Waals surface area contributed by atoms with E-state index in [0.29, 0.717) is 10.8 Å². The third kappa shape index (κ3) is 4.69. The third-order valence-electron chi connectivity index (χ3n) is 4.42. The van der Waals surface area contributed by atoms with Gasteiger partial charge in [-0.15, -0.1) is 23.1 Å². The molecule has 0 saturated heterocycles. The zero-order chi connectivity index (χ0) is 20.4. The minimum atomic E-state index is -0.102. The minimum Gasteiger partial charge on any atom is -0.322 e. The minimum absolute atomic E-state index is 0.102. The van der Waals surface area contributed by atoms with Crippen LogP contribution in [0.15, 0.2) is 71.6 Å². The van der Waals surface area contributed by atoms with Crippen LogP contribution in [-0.2, 0) is 0 Å². The van der Waals surface area contributed by atoms with Gasteiger partial charge in [0.25, 0.3) is 5.91 Å². The van der Waals surface area contributed by atoms with Gasteiger partial charge in [-0.25, -0.2) is 4.98 Å². The summed E-state index contributed by atoms with van der Waals surface area (Å²) in [5.74, 6) is -0.102. The van der Waals surface area contributed by atoms with Crippen molar-refractivity contribution in [3.05, 3.63) is 77.9 Å². The lowest BCUT2D eigenvalue weighted by atomic mass is 10.2. The number of carbonyl (C=O) groups is 1. The summed E-state index contributed by atoms with van der Waals surface area (Å²) in [6, 6.07) is 21.9. The number of thioether (sulfide) groups is 1. The summed E-state index contributed by atoms with van der Waals surface area (Å²) in [7, 11) is 0. The van der Waals surface area contributed by atoms with Gasteiger partial charge in [-0.2, -0.15) is 0 Å². The van der Waals surface area contributed by atoms with E-state index < -0.39 is 0 Å². The highest BCUT2D eigenvalue weighted by Crippen LogP contribution is 2.31. The lowest BCUT2D eigenvalue weighted by molar-refractivity contribution is 0.102. The fourth-order valence-electron chi connectivity index (χ4n) is 3.01. The summed E-state index contributed by atoms with van der Waals surface area (Å²) in [6.45, 7) is 6.40. The van der Waals surface area contributed by atoms with E-state index in [-0.39, 0.29) is 5.91 Å². The van der Waals surface area contributed by atoms with Crippen molar-refractivity contribution in [1.82, 2.24) is 4.98 Å². The molecule has 0 saturated carbocycles. The summed E-state index contributed by atoms with van der Waals surface area (Å²) in [4.78, 5) is 18.4. The zero-order valence-electron chi connectivity index (χ0n) is 16.6. The first kappa shape index (κ1) is 19.7. The van der Waals surface area contributed by atoms with Crippen LogP contribution in [0.4, 0.5) is 5.69 Å². The highest BCUT2D eigenvalue weighted by molar-refractivity contribution is 7.99. The molecule has 0 spiro atoms. The van der Waals surface area contributed by atoms with Crippen LogP contribution in [-0.4, -0.2) is 16.1 Å². The van der Waals surface area contributed by atoms with Crippen molar-refractivity contribution < 1.29 is 4.79 Å². The van der Waals surface area contributed by atoms with E-state index in [1.807, 2.05) is 48.5 Å². The highest BCUT2D eigenvalue weighted by atomic mass is 32.2. The quantitative estimate of drug-likeness (QED) is 0.354. The molecule has 5 heteroatoms. The molecule has 0 atom stereocenters. The number of rotatable bonds is 5. The van der Waals surface area contributed by atoms with Gasteiger partial charge in [-0.3, -0.25) is 4.79 Å². The summed E-state index contributed by atoms with van der Waals surface area (Å²) in [5.41, 5.74) is 4.74. The van der Waals surface area contributed by atoms with Crippen LogP contribution in [0.3, 0.4) is 0 Å². The Morgan fingerprint density at radius 1 is 1.00 bits per heavy atom. The second-order valence-corrected chi connectivity index (χ2v) is 9.89. The van der Waals surface area contributed by atoms with Gasteiger partial charge in [0.15, 0.2) is 0 Å². The van der Waals surface area contributed by atoms with Gasteiger partial charge in [0, 0.05) is 27.0 Å². The van der Waals surface area contributed by atoms with Gasteiger partial charge in [-0.1, -0.05) is 19.9 Å². The molecule has 1 aromatic heterocycles. The Balaban J connectivity index is 1.46. The number of aryl methyl sites for hydroxylation is 1. The van der Waals surface area contributed by atoms with Gasteiger partial charge < -0.3 is 5.32 Å². The number of carbonyl (C=O) groups excluding carboxylic acids is 1. The number of aromatic nitrogens is 1. The van der Waals surface area contributed by atoms with Crippen LogP contribution in [0.5, 0.6) is 0 Å². The first-order chi connectivity index (χ1) is 14.0. The van der Waals surface area contributed by atoms with E-state index in [0.717, 1.165) is 21.8 Å². The first-order valence-electron chi connectivity index (χ1n) is 9.53. The largest absolute Gasteiger partial charge is 0.322 e. The van der Waals surface area contributed by atoms with E-state index in [2.05, 4.69) is 44.3 Å². The second-order valence-electron chi connectivity index (χ2n) is 7.21. The molecule has 1 amide bonds. The summed E-state index contributed by atoms with van der Waals surface area (Å²) < 4.78 is 1.19. The molecule has 0 aliphatic heterocycles. The maximum absolute atomic E-state index is 12.5. The lowest BCUT2D eigenvalue weighted by Gasteiger charge is -2.08. The Morgan fingerprint density at radius 2 is 1.72 bits per heavy atom. The molecule has 0 fully saturated rings. The smallest absolute Gasteiger partial charge is 0.255 e. The molecule has 146 valence electrons. The van der Waals surface area contributed by atoms with E-state index in [1.54, 1.807) is 23.1 Å². The Hall–Kier alpha value is -2.63. The second kappa shape index (κ2) is 8.39. The van der Waals surface area contributed by atoms with E-state index >= 15 is 0 Å². The molecule has 0 aliphatic rings. The number of anilines is 1. The number of thiazole rings is 1. The monoisotopic (exact) mass is 418 g/mol. The fourth-order valence-corrected chi connectivity index (χ4v) is 4.92. The zero-order valence-corrected chi connectivity index (χ0v) is 18.2. The average Bonchev–Trinajstić information content (AvgIpc) is 3.11. The van der Waals surface area contributed by atoms with Gasteiger partial charge in [-0.05, 0) is 73.2 Å². The molecule has 0 radical (unpaired) electrons. The maximum Gasteiger partial charge on any atom is 0.255 e. The predicted octanol–water partition coefficient (Wildman–Crippen LogP) is 7.02. The summed E-state index contributed by atoms with van der Waals surface area (Å²) in [5, 5.41) is 4.48. The highest BCUT2D eigenvalue weighted by Gasteiger charge is 2.09. The average molecular weight is 419 g/mol.